The summed E-state index contributed by atoms with van der Waals surface area (Å²) in [7, 11) is 0. The van der Waals surface area contributed by atoms with Crippen LogP contribution >= 0.6 is 0 Å². The van der Waals surface area contributed by atoms with Crippen LogP contribution < -0.4 is 5.32 Å². The second-order valence-electron chi connectivity index (χ2n) is 8.00. The SMILES string of the molecule is CC(C)(C)OC(=O)NCC1(C)CCN(Cc2ccccc2)CC1O. The molecule has 24 heavy (non-hydrogen) atoms. The third kappa shape index (κ3) is 5.49. The summed E-state index contributed by atoms with van der Waals surface area (Å²) in [5.41, 5.74) is 0.410. The molecule has 2 unspecified atom stereocenters. The predicted octanol–water partition coefficient (Wildman–Crippen LogP) is 2.78. The van der Waals surface area contributed by atoms with Gasteiger partial charge in [0.2, 0.25) is 0 Å². The Morgan fingerprint density at radius 3 is 2.62 bits per heavy atom. The highest BCUT2D eigenvalue weighted by Crippen LogP contribution is 2.31. The Kier molecular flexibility index (Phi) is 5.88. The second-order valence-corrected chi connectivity index (χ2v) is 8.00. The second kappa shape index (κ2) is 7.53. The number of aliphatic hydroxyl groups excluding tert-OH is 1. The normalized spacial score (nSPS) is 25.3. The average molecular weight is 334 g/mol. The molecule has 1 heterocycles. The lowest BCUT2D eigenvalue weighted by Crippen LogP contribution is -2.54. The van der Waals surface area contributed by atoms with E-state index >= 15 is 0 Å². The Morgan fingerprint density at radius 1 is 1.38 bits per heavy atom. The molecule has 1 saturated heterocycles. The van der Waals surface area contributed by atoms with Gasteiger partial charge in [-0.3, -0.25) is 4.90 Å². The molecule has 1 aromatic carbocycles. The molecule has 134 valence electrons. The van der Waals surface area contributed by atoms with Gasteiger partial charge in [0.25, 0.3) is 0 Å². The van der Waals surface area contributed by atoms with Crippen molar-refractivity contribution in [1.29, 1.82) is 0 Å². The lowest BCUT2D eigenvalue weighted by atomic mass is 9.77. The molecule has 5 nitrogen and oxygen atoms in total. The van der Waals surface area contributed by atoms with E-state index in [0.717, 1.165) is 19.5 Å². The Morgan fingerprint density at radius 2 is 2.04 bits per heavy atom. The fourth-order valence-corrected chi connectivity index (χ4v) is 2.92. The Hall–Kier alpha value is -1.59. The number of carbonyl (C=O) groups is 1. The van der Waals surface area contributed by atoms with E-state index in [1.165, 1.54) is 5.56 Å². The van der Waals surface area contributed by atoms with E-state index in [-0.39, 0.29) is 5.41 Å². The highest BCUT2D eigenvalue weighted by Gasteiger charge is 2.38. The highest BCUT2D eigenvalue weighted by atomic mass is 16.6. The van der Waals surface area contributed by atoms with Gasteiger partial charge >= 0.3 is 6.09 Å². The first-order chi connectivity index (χ1) is 11.2. The number of carbonyl (C=O) groups excluding carboxylic acids is 1. The summed E-state index contributed by atoms with van der Waals surface area (Å²) in [5, 5.41) is 13.4. The minimum Gasteiger partial charge on any atom is -0.444 e. The Bertz CT molecular complexity index is 541. The minimum atomic E-state index is -0.511. The van der Waals surface area contributed by atoms with E-state index in [1.807, 2.05) is 45.9 Å². The zero-order valence-electron chi connectivity index (χ0n) is 15.2. The lowest BCUT2D eigenvalue weighted by Gasteiger charge is -2.43. The molecule has 2 atom stereocenters. The number of β-amino-alcohol motifs (C(OH)–C–C–N with tert-alkyl or cyclic N) is 1. The van der Waals surface area contributed by atoms with E-state index < -0.39 is 17.8 Å². The smallest absolute Gasteiger partial charge is 0.407 e. The van der Waals surface area contributed by atoms with Crippen molar-refractivity contribution >= 4 is 6.09 Å². The number of alkyl carbamates (subject to hydrolysis) is 1. The molecule has 1 fully saturated rings. The maximum Gasteiger partial charge on any atom is 0.407 e. The van der Waals surface area contributed by atoms with Gasteiger partial charge < -0.3 is 15.2 Å². The number of aliphatic hydroxyl groups is 1. The molecule has 1 aromatic rings. The molecule has 1 amide bonds. The molecule has 0 radical (unpaired) electrons. The van der Waals surface area contributed by atoms with Crippen LogP contribution in [0.15, 0.2) is 30.3 Å². The molecule has 0 aliphatic carbocycles. The largest absolute Gasteiger partial charge is 0.444 e. The van der Waals surface area contributed by atoms with Gasteiger partial charge in [0, 0.05) is 25.0 Å². The summed E-state index contributed by atoms with van der Waals surface area (Å²) in [6.45, 7) is 10.3. The van der Waals surface area contributed by atoms with Gasteiger partial charge in [-0.15, -0.1) is 0 Å². The van der Waals surface area contributed by atoms with Crippen LogP contribution in [0.1, 0.15) is 39.7 Å². The fraction of sp³-hybridized carbons (Fsp3) is 0.632. The van der Waals surface area contributed by atoms with Gasteiger partial charge in [-0.05, 0) is 39.3 Å². The van der Waals surface area contributed by atoms with E-state index in [1.54, 1.807) is 0 Å². The average Bonchev–Trinajstić information content (AvgIpc) is 2.49. The molecule has 2 rings (SSSR count). The first kappa shape index (κ1) is 18.7. The molecule has 0 spiro atoms. The van der Waals surface area contributed by atoms with Crippen LogP contribution in [-0.2, 0) is 11.3 Å². The summed E-state index contributed by atoms with van der Waals surface area (Å²) >= 11 is 0. The molecular formula is C19H30N2O3. The van der Waals surface area contributed by atoms with Gasteiger partial charge in [0.15, 0.2) is 0 Å². The third-order valence-corrected chi connectivity index (χ3v) is 4.52. The number of hydrogen-bond donors (Lipinski definition) is 2. The van der Waals surface area contributed by atoms with E-state index in [4.69, 9.17) is 4.74 Å². The van der Waals surface area contributed by atoms with Crippen LogP contribution in [-0.4, -0.2) is 47.4 Å². The first-order valence-electron chi connectivity index (χ1n) is 8.59. The predicted molar refractivity (Wildman–Crippen MR) is 94.7 cm³/mol. The zero-order chi connectivity index (χ0) is 17.8. The molecule has 1 aliphatic heterocycles. The van der Waals surface area contributed by atoms with Crippen molar-refractivity contribution in [2.24, 2.45) is 5.41 Å². The molecule has 2 N–H and O–H groups in total. The number of piperidine rings is 1. The van der Waals surface area contributed by atoms with Crippen molar-refractivity contribution in [3.05, 3.63) is 35.9 Å². The van der Waals surface area contributed by atoms with E-state index in [0.29, 0.717) is 13.1 Å². The quantitative estimate of drug-likeness (QED) is 0.889. The standard InChI is InChI=1S/C19H30N2O3/c1-18(2,3)24-17(23)20-14-19(4)10-11-21(13-16(19)22)12-15-8-6-5-7-9-15/h5-9,16,22H,10-14H2,1-4H3,(H,20,23). The van der Waals surface area contributed by atoms with Crippen LogP contribution in [0.2, 0.25) is 0 Å². The number of nitrogens with zero attached hydrogens (tertiary/aromatic N) is 1. The highest BCUT2D eigenvalue weighted by molar-refractivity contribution is 5.67. The van der Waals surface area contributed by atoms with Crippen molar-refractivity contribution in [3.8, 4) is 0 Å². The minimum absolute atomic E-state index is 0.329. The van der Waals surface area contributed by atoms with Crippen molar-refractivity contribution in [2.75, 3.05) is 19.6 Å². The van der Waals surface area contributed by atoms with Gasteiger partial charge in [-0.2, -0.15) is 0 Å². The van der Waals surface area contributed by atoms with E-state index in [2.05, 4.69) is 22.3 Å². The molecular weight excluding hydrogens is 304 g/mol. The fourth-order valence-electron chi connectivity index (χ4n) is 2.92. The number of hydrogen-bond acceptors (Lipinski definition) is 4. The van der Waals surface area contributed by atoms with Crippen LogP contribution in [0, 0.1) is 5.41 Å². The summed E-state index contributed by atoms with van der Waals surface area (Å²) in [6, 6.07) is 10.3. The number of amides is 1. The van der Waals surface area contributed by atoms with Crippen molar-refractivity contribution in [3.63, 3.8) is 0 Å². The molecule has 0 aromatic heterocycles. The van der Waals surface area contributed by atoms with Gasteiger partial charge in [-0.25, -0.2) is 4.79 Å². The maximum atomic E-state index is 11.8. The third-order valence-electron chi connectivity index (χ3n) is 4.52. The number of nitrogens with one attached hydrogen (secondary N) is 1. The zero-order valence-corrected chi connectivity index (χ0v) is 15.2. The summed E-state index contributed by atoms with van der Waals surface area (Å²) in [6.07, 6.45) is -0.0795. The van der Waals surface area contributed by atoms with Gasteiger partial charge in [-0.1, -0.05) is 37.3 Å². The monoisotopic (exact) mass is 334 g/mol. The van der Waals surface area contributed by atoms with E-state index in [9.17, 15) is 9.90 Å². The summed E-state index contributed by atoms with van der Waals surface area (Å²) in [5.74, 6) is 0. The van der Waals surface area contributed by atoms with Crippen molar-refractivity contribution in [2.45, 2.75) is 52.4 Å². The topological polar surface area (TPSA) is 61.8 Å². The van der Waals surface area contributed by atoms with Crippen LogP contribution in [0.5, 0.6) is 0 Å². The number of ether oxygens (including phenoxy) is 1. The molecule has 5 heteroatoms. The van der Waals surface area contributed by atoms with Gasteiger partial charge in [0.05, 0.1) is 6.10 Å². The number of rotatable bonds is 4. The van der Waals surface area contributed by atoms with Crippen molar-refractivity contribution < 1.29 is 14.6 Å². The molecule has 1 aliphatic rings. The van der Waals surface area contributed by atoms with Crippen LogP contribution in [0.4, 0.5) is 4.79 Å². The number of likely N-dealkylation sites (tertiary alicyclic amines) is 1. The number of benzene rings is 1. The van der Waals surface area contributed by atoms with Crippen molar-refractivity contribution in [1.82, 2.24) is 10.2 Å². The summed E-state index contributed by atoms with van der Waals surface area (Å²) in [4.78, 5) is 14.1. The molecule has 0 bridgehead atoms. The van der Waals surface area contributed by atoms with Gasteiger partial charge in [0.1, 0.15) is 5.60 Å². The van der Waals surface area contributed by atoms with Crippen LogP contribution in [0.25, 0.3) is 0 Å². The Labute approximate surface area is 145 Å². The Balaban J connectivity index is 1.84. The van der Waals surface area contributed by atoms with Crippen LogP contribution in [0.3, 0.4) is 0 Å². The first-order valence-corrected chi connectivity index (χ1v) is 8.59. The summed E-state index contributed by atoms with van der Waals surface area (Å²) < 4.78 is 5.27. The molecule has 0 saturated carbocycles. The maximum absolute atomic E-state index is 11.8. The lowest BCUT2D eigenvalue weighted by molar-refractivity contribution is -0.0382.